The lowest BCUT2D eigenvalue weighted by Gasteiger charge is -2.05. The second kappa shape index (κ2) is 3.76. The van der Waals surface area contributed by atoms with Crippen LogP contribution in [0.25, 0.3) is 11.2 Å². The van der Waals surface area contributed by atoms with Gasteiger partial charge in [-0.1, -0.05) is 0 Å². The van der Waals surface area contributed by atoms with E-state index in [0.717, 1.165) is 4.57 Å². The Kier molecular flexibility index (Phi) is 2.53. The van der Waals surface area contributed by atoms with Crippen LogP contribution < -0.4 is 16.6 Å². The molecule has 7 nitrogen and oxygen atoms in total. The van der Waals surface area contributed by atoms with E-state index in [0.29, 0.717) is 23.7 Å². The summed E-state index contributed by atoms with van der Waals surface area (Å²) >= 11 is 0. The first-order valence-electron chi connectivity index (χ1n) is 5.36. The molecule has 2 rings (SSSR count). The Hall–Kier alpha value is -2.05. The van der Waals surface area contributed by atoms with Gasteiger partial charge in [-0.05, 0) is 6.92 Å². The van der Waals surface area contributed by atoms with Crippen molar-refractivity contribution in [3.05, 3.63) is 20.8 Å². The fourth-order valence-electron chi connectivity index (χ4n) is 1.95. The van der Waals surface area contributed by atoms with Crippen molar-refractivity contribution in [2.24, 2.45) is 14.1 Å². The summed E-state index contributed by atoms with van der Waals surface area (Å²) in [6.45, 7) is 2.53. The number of nitrogens with zero attached hydrogens (tertiary/aromatic N) is 4. The Balaban J connectivity index is 3.10. The van der Waals surface area contributed by atoms with Crippen LogP contribution in [0.15, 0.2) is 9.59 Å². The van der Waals surface area contributed by atoms with Crippen LogP contribution in [0.3, 0.4) is 0 Å². The van der Waals surface area contributed by atoms with Crippen LogP contribution in [-0.4, -0.2) is 25.7 Å². The molecule has 7 heteroatoms. The first-order valence-corrected chi connectivity index (χ1v) is 5.36. The van der Waals surface area contributed by atoms with Gasteiger partial charge in [0.15, 0.2) is 11.2 Å². The first-order chi connectivity index (χ1) is 8.02. The van der Waals surface area contributed by atoms with Crippen molar-refractivity contribution in [3.8, 4) is 0 Å². The van der Waals surface area contributed by atoms with E-state index >= 15 is 0 Å². The Labute approximate surface area is 97.3 Å². The summed E-state index contributed by atoms with van der Waals surface area (Å²) in [7, 11) is 4.81. The van der Waals surface area contributed by atoms with Crippen molar-refractivity contribution in [1.29, 1.82) is 0 Å². The van der Waals surface area contributed by atoms with E-state index in [1.54, 1.807) is 18.7 Å². The Bertz CT molecular complexity index is 691. The van der Waals surface area contributed by atoms with Gasteiger partial charge in [0.1, 0.15) is 0 Å². The molecule has 0 aliphatic carbocycles. The van der Waals surface area contributed by atoms with E-state index in [4.69, 9.17) is 0 Å². The maximum Gasteiger partial charge on any atom is 0.332 e. The highest BCUT2D eigenvalue weighted by Gasteiger charge is 2.16. The molecule has 1 N–H and O–H groups in total. The highest BCUT2D eigenvalue weighted by Crippen LogP contribution is 2.14. The minimum Gasteiger partial charge on any atom is -0.359 e. The van der Waals surface area contributed by atoms with Crippen LogP contribution in [0, 0.1) is 0 Å². The minimum atomic E-state index is -0.370. The number of rotatable bonds is 2. The smallest absolute Gasteiger partial charge is 0.332 e. The quantitative estimate of drug-likeness (QED) is 0.764. The number of anilines is 1. The van der Waals surface area contributed by atoms with Gasteiger partial charge in [-0.25, -0.2) is 4.79 Å². The number of fused-ring (bicyclic) bond motifs is 1. The number of imidazole rings is 1. The zero-order valence-electron chi connectivity index (χ0n) is 10.3. The molecular formula is C10H15N5O2. The third-order valence-electron chi connectivity index (χ3n) is 2.89. The Morgan fingerprint density at radius 2 is 1.88 bits per heavy atom. The van der Waals surface area contributed by atoms with E-state index in [1.807, 2.05) is 6.92 Å². The van der Waals surface area contributed by atoms with Gasteiger partial charge in [0.05, 0.1) is 0 Å². The largest absolute Gasteiger partial charge is 0.359 e. The monoisotopic (exact) mass is 237 g/mol. The fourth-order valence-corrected chi connectivity index (χ4v) is 1.95. The highest BCUT2D eigenvalue weighted by atomic mass is 16.2. The van der Waals surface area contributed by atoms with Gasteiger partial charge in [0.25, 0.3) is 5.56 Å². The van der Waals surface area contributed by atoms with Crippen molar-refractivity contribution in [2.75, 3.05) is 12.4 Å². The number of nitrogens with one attached hydrogen (secondary N) is 1. The molecule has 2 heterocycles. The maximum atomic E-state index is 12.1. The molecule has 17 heavy (non-hydrogen) atoms. The molecule has 0 aromatic carbocycles. The topological polar surface area (TPSA) is 73.8 Å². The molecule has 0 amide bonds. The average Bonchev–Trinajstić information content (AvgIpc) is 2.72. The van der Waals surface area contributed by atoms with Crippen molar-refractivity contribution in [2.45, 2.75) is 13.5 Å². The van der Waals surface area contributed by atoms with Gasteiger partial charge in [-0.3, -0.25) is 13.9 Å². The summed E-state index contributed by atoms with van der Waals surface area (Å²) in [5.74, 6) is 0.584. The fraction of sp³-hybridized carbons (Fsp3) is 0.500. The molecule has 0 fully saturated rings. The summed E-state index contributed by atoms with van der Waals surface area (Å²) in [4.78, 5) is 28.1. The van der Waals surface area contributed by atoms with E-state index in [2.05, 4.69) is 10.3 Å². The van der Waals surface area contributed by atoms with E-state index < -0.39 is 0 Å². The van der Waals surface area contributed by atoms with Crippen LogP contribution in [0.5, 0.6) is 0 Å². The van der Waals surface area contributed by atoms with Crippen LogP contribution >= 0.6 is 0 Å². The summed E-state index contributed by atoms with van der Waals surface area (Å²) in [6, 6.07) is 0. The Morgan fingerprint density at radius 1 is 1.24 bits per heavy atom. The lowest BCUT2D eigenvalue weighted by atomic mass is 10.5. The summed E-state index contributed by atoms with van der Waals surface area (Å²) in [5.41, 5.74) is 0.163. The van der Waals surface area contributed by atoms with Crippen LogP contribution in [0.2, 0.25) is 0 Å². The van der Waals surface area contributed by atoms with Gasteiger partial charge in [-0.15, -0.1) is 0 Å². The average molecular weight is 237 g/mol. The van der Waals surface area contributed by atoms with Gasteiger partial charge < -0.3 is 9.88 Å². The molecule has 0 atom stereocenters. The number of aromatic nitrogens is 4. The lowest BCUT2D eigenvalue weighted by Crippen LogP contribution is -2.37. The van der Waals surface area contributed by atoms with Crippen LogP contribution in [0.1, 0.15) is 6.92 Å². The molecule has 0 aliphatic rings. The van der Waals surface area contributed by atoms with Crippen molar-refractivity contribution >= 4 is 17.1 Å². The molecule has 0 radical (unpaired) electrons. The third-order valence-corrected chi connectivity index (χ3v) is 2.89. The normalized spacial score (nSPS) is 11.1. The number of hydrogen-bond donors (Lipinski definition) is 1. The molecule has 92 valence electrons. The lowest BCUT2D eigenvalue weighted by molar-refractivity contribution is 0.700. The molecule has 0 aliphatic heterocycles. The second-order valence-corrected chi connectivity index (χ2v) is 3.81. The van der Waals surface area contributed by atoms with Crippen molar-refractivity contribution in [3.63, 3.8) is 0 Å². The van der Waals surface area contributed by atoms with E-state index in [-0.39, 0.29) is 11.2 Å². The van der Waals surface area contributed by atoms with Crippen LogP contribution in [0.4, 0.5) is 5.95 Å². The third kappa shape index (κ3) is 1.38. The van der Waals surface area contributed by atoms with Crippen LogP contribution in [-0.2, 0) is 20.6 Å². The predicted octanol–water partition coefficient (Wildman–Crippen LogP) is -0.505. The summed E-state index contributed by atoms with van der Waals surface area (Å²) < 4.78 is 4.23. The summed E-state index contributed by atoms with van der Waals surface area (Å²) in [5, 5.41) is 2.92. The zero-order valence-corrected chi connectivity index (χ0v) is 10.3. The number of hydrogen-bond acceptors (Lipinski definition) is 4. The minimum absolute atomic E-state index is 0.320. The molecule has 0 saturated carbocycles. The van der Waals surface area contributed by atoms with Crippen molar-refractivity contribution in [1.82, 2.24) is 18.7 Å². The number of aryl methyl sites for hydroxylation is 2. The van der Waals surface area contributed by atoms with Gasteiger partial charge in [-0.2, -0.15) is 4.98 Å². The molecule has 0 unspecified atom stereocenters. The molecule has 0 spiro atoms. The predicted molar refractivity (Wildman–Crippen MR) is 65.4 cm³/mol. The molecule has 2 aromatic heterocycles. The summed E-state index contributed by atoms with van der Waals surface area (Å²) in [6.07, 6.45) is 0. The second-order valence-electron chi connectivity index (χ2n) is 3.81. The van der Waals surface area contributed by atoms with Gasteiger partial charge >= 0.3 is 5.69 Å². The van der Waals surface area contributed by atoms with Crippen molar-refractivity contribution < 1.29 is 0 Å². The SMILES string of the molecule is CCn1c(NC)nc2c1c(=O)n(C)c(=O)n2C. The molecular weight excluding hydrogens is 222 g/mol. The molecule has 0 saturated heterocycles. The maximum absolute atomic E-state index is 12.1. The van der Waals surface area contributed by atoms with E-state index in [9.17, 15) is 9.59 Å². The molecule has 2 aromatic rings. The molecule has 0 bridgehead atoms. The highest BCUT2D eigenvalue weighted by molar-refractivity contribution is 5.74. The Morgan fingerprint density at radius 3 is 2.41 bits per heavy atom. The van der Waals surface area contributed by atoms with E-state index in [1.165, 1.54) is 11.6 Å². The standard InChI is InChI=1S/C10H15N5O2/c1-5-15-6-7(12-9(15)11-2)13(3)10(17)14(4)8(6)16/h5H2,1-4H3,(H,11,12). The first kappa shape index (κ1) is 11.4. The zero-order chi connectivity index (χ0) is 12.7. The van der Waals surface area contributed by atoms with Gasteiger partial charge in [0, 0.05) is 27.7 Å². The van der Waals surface area contributed by atoms with Gasteiger partial charge in [0.2, 0.25) is 5.95 Å².